The molecule has 2 aromatic rings. The molecule has 152 valence electrons. The minimum absolute atomic E-state index is 0.101. The van der Waals surface area contributed by atoms with Crippen molar-refractivity contribution in [3.63, 3.8) is 0 Å². The summed E-state index contributed by atoms with van der Waals surface area (Å²) in [6, 6.07) is 15.4. The normalized spacial score (nSPS) is 12.6. The maximum atomic E-state index is 11.9. The Labute approximate surface area is 172 Å². The van der Waals surface area contributed by atoms with Gasteiger partial charge in [-0.15, -0.1) is 0 Å². The molecular weight excluding hydrogens is 364 g/mol. The van der Waals surface area contributed by atoms with Crippen molar-refractivity contribution < 1.29 is 19.1 Å². The van der Waals surface area contributed by atoms with Crippen molar-refractivity contribution in [3.8, 4) is 11.5 Å². The second-order valence-electron chi connectivity index (χ2n) is 7.27. The molecular formula is C25H28O4. The molecule has 0 radical (unpaired) electrons. The van der Waals surface area contributed by atoms with Crippen LogP contribution in [-0.4, -0.2) is 23.8 Å². The molecule has 0 heterocycles. The highest BCUT2D eigenvalue weighted by atomic mass is 16.5. The van der Waals surface area contributed by atoms with Crippen LogP contribution in [0.3, 0.4) is 0 Å². The van der Waals surface area contributed by atoms with Crippen molar-refractivity contribution in [2.45, 2.75) is 46.3 Å². The molecule has 0 N–H and O–H groups in total. The lowest BCUT2D eigenvalue weighted by Gasteiger charge is -2.14. The van der Waals surface area contributed by atoms with Crippen LogP contribution >= 0.6 is 0 Å². The molecule has 4 heteroatoms. The van der Waals surface area contributed by atoms with E-state index in [1.54, 1.807) is 27.7 Å². The summed E-state index contributed by atoms with van der Waals surface area (Å²) in [6.07, 6.45) is -0.351. The van der Waals surface area contributed by atoms with Gasteiger partial charge < -0.3 is 9.47 Å². The number of Topliss-reactive ketones (excluding diaryl/α,β-unsaturated/α-hetero) is 2. The first-order chi connectivity index (χ1) is 13.7. The summed E-state index contributed by atoms with van der Waals surface area (Å²) >= 11 is 0. The van der Waals surface area contributed by atoms with Crippen molar-refractivity contribution in [2.24, 2.45) is 0 Å². The first-order valence-electron chi connectivity index (χ1n) is 9.58. The Kier molecular flexibility index (Phi) is 7.54. The second kappa shape index (κ2) is 9.87. The molecule has 2 atom stereocenters. The molecule has 0 spiro atoms. The SMILES string of the molecule is C=C(C)C(=O)C(C)Oc1ccc(Cc2ccc(OC(C)C(=O)C(=C)C)cc2)cc1. The number of carbonyl (C=O) groups excluding carboxylic acids is 2. The van der Waals surface area contributed by atoms with Crippen molar-refractivity contribution in [1.82, 2.24) is 0 Å². The molecule has 0 bridgehead atoms. The fourth-order valence-electron chi connectivity index (χ4n) is 2.82. The summed E-state index contributed by atoms with van der Waals surface area (Å²) in [4.78, 5) is 23.7. The fraction of sp³-hybridized carbons (Fsp3) is 0.280. The maximum absolute atomic E-state index is 11.9. The first kappa shape index (κ1) is 22.2. The van der Waals surface area contributed by atoms with Crippen molar-refractivity contribution in [2.75, 3.05) is 0 Å². The van der Waals surface area contributed by atoms with Gasteiger partial charge in [0.15, 0.2) is 23.8 Å². The van der Waals surface area contributed by atoms with Gasteiger partial charge in [-0.2, -0.15) is 0 Å². The summed E-state index contributed by atoms with van der Waals surface area (Å²) in [5.74, 6) is 1.10. The van der Waals surface area contributed by atoms with Gasteiger partial charge in [-0.25, -0.2) is 0 Å². The minimum atomic E-state index is -0.551. The Morgan fingerprint density at radius 2 is 1.03 bits per heavy atom. The van der Waals surface area contributed by atoms with Crippen LogP contribution in [0, 0.1) is 0 Å². The predicted molar refractivity (Wildman–Crippen MR) is 116 cm³/mol. The van der Waals surface area contributed by atoms with Crippen LogP contribution in [0.2, 0.25) is 0 Å². The van der Waals surface area contributed by atoms with E-state index in [-0.39, 0.29) is 11.6 Å². The number of rotatable bonds is 10. The number of ketones is 2. The van der Waals surface area contributed by atoms with Crippen molar-refractivity contribution in [1.29, 1.82) is 0 Å². The number of hydrogen-bond acceptors (Lipinski definition) is 4. The van der Waals surface area contributed by atoms with E-state index in [0.717, 1.165) is 17.5 Å². The van der Waals surface area contributed by atoms with E-state index in [0.29, 0.717) is 22.6 Å². The molecule has 0 fully saturated rings. The number of ether oxygens (including phenoxy) is 2. The Balaban J connectivity index is 1.95. The molecule has 2 aromatic carbocycles. The van der Waals surface area contributed by atoms with Gasteiger partial charge in [0.05, 0.1) is 0 Å². The van der Waals surface area contributed by atoms with E-state index >= 15 is 0 Å². The zero-order chi connectivity index (χ0) is 21.6. The van der Waals surface area contributed by atoms with E-state index in [2.05, 4.69) is 13.2 Å². The Morgan fingerprint density at radius 1 is 0.724 bits per heavy atom. The molecule has 0 saturated heterocycles. The fourth-order valence-corrected chi connectivity index (χ4v) is 2.82. The third-order valence-electron chi connectivity index (χ3n) is 4.46. The lowest BCUT2D eigenvalue weighted by Crippen LogP contribution is -2.24. The second-order valence-corrected chi connectivity index (χ2v) is 7.27. The largest absolute Gasteiger partial charge is 0.483 e. The molecule has 0 aromatic heterocycles. The zero-order valence-electron chi connectivity index (χ0n) is 17.5. The molecule has 29 heavy (non-hydrogen) atoms. The average Bonchev–Trinajstić information content (AvgIpc) is 2.69. The van der Waals surface area contributed by atoms with Crippen LogP contribution in [0.4, 0.5) is 0 Å². The van der Waals surface area contributed by atoms with Crippen molar-refractivity contribution >= 4 is 11.6 Å². The van der Waals surface area contributed by atoms with Gasteiger partial charge in [0.1, 0.15) is 11.5 Å². The van der Waals surface area contributed by atoms with Gasteiger partial charge in [0.25, 0.3) is 0 Å². The van der Waals surface area contributed by atoms with Crippen LogP contribution < -0.4 is 9.47 Å². The third kappa shape index (κ3) is 6.46. The lowest BCUT2D eigenvalue weighted by atomic mass is 10.0. The monoisotopic (exact) mass is 392 g/mol. The molecule has 2 unspecified atom stereocenters. The molecule has 0 aliphatic rings. The Bertz CT molecular complexity index is 816. The Hall–Kier alpha value is -3.14. The smallest absolute Gasteiger partial charge is 0.198 e. The molecule has 2 rings (SSSR count). The summed E-state index contributed by atoms with van der Waals surface area (Å²) in [6.45, 7) is 14.1. The highest BCUT2D eigenvalue weighted by molar-refractivity contribution is 5.98. The maximum Gasteiger partial charge on any atom is 0.198 e. The van der Waals surface area contributed by atoms with E-state index < -0.39 is 12.2 Å². The summed E-state index contributed by atoms with van der Waals surface area (Å²) in [5, 5.41) is 0. The summed E-state index contributed by atoms with van der Waals surface area (Å²) in [7, 11) is 0. The van der Waals surface area contributed by atoms with Gasteiger partial charge in [-0.1, -0.05) is 37.4 Å². The quantitative estimate of drug-likeness (QED) is 0.528. The summed E-state index contributed by atoms with van der Waals surface area (Å²) < 4.78 is 11.3. The molecule has 4 nitrogen and oxygen atoms in total. The van der Waals surface area contributed by atoms with E-state index in [1.165, 1.54) is 0 Å². The van der Waals surface area contributed by atoms with Gasteiger partial charge in [0.2, 0.25) is 0 Å². The van der Waals surface area contributed by atoms with Gasteiger partial charge >= 0.3 is 0 Å². The van der Waals surface area contributed by atoms with Crippen LogP contribution in [0.25, 0.3) is 0 Å². The highest BCUT2D eigenvalue weighted by Crippen LogP contribution is 2.20. The molecule has 0 aliphatic carbocycles. The number of benzene rings is 2. The standard InChI is InChI=1S/C25H28O4/c1-16(2)24(26)18(5)28-22-11-7-20(8-12-22)15-21-9-13-23(14-10-21)29-19(6)25(27)17(3)4/h7-14,18-19H,1,3,15H2,2,4-6H3. The summed E-state index contributed by atoms with van der Waals surface area (Å²) in [5.41, 5.74) is 3.21. The lowest BCUT2D eigenvalue weighted by molar-refractivity contribution is -0.121. The third-order valence-corrected chi connectivity index (χ3v) is 4.46. The zero-order valence-corrected chi connectivity index (χ0v) is 17.5. The highest BCUT2D eigenvalue weighted by Gasteiger charge is 2.16. The topological polar surface area (TPSA) is 52.6 Å². The average molecular weight is 392 g/mol. The van der Waals surface area contributed by atoms with Crippen LogP contribution in [-0.2, 0) is 16.0 Å². The molecule has 0 aliphatic heterocycles. The molecule has 0 amide bonds. The molecule has 0 saturated carbocycles. The van der Waals surface area contributed by atoms with Gasteiger partial charge in [-0.3, -0.25) is 9.59 Å². The van der Waals surface area contributed by atoms with Crippen LogP contribution in [0.5, 0.6) is 11.5 Å². The van der Waals surface area contributed by atoms with E-state index in [9.17, 15) is 9.59 Å². The minimum Gasteiger partial charge on any atom is -0.483 e. The van der Waals surface area contributed by atoms with E-state index in [4.69, 9.17) is 9.47 Å². The Morgan fingerprint density at radius 3 is 1.31 bits per heavy atom. The number of hydrogen-bond donors (Lipinski definition) is 0. The van der Waals surface area contributed by atoms with Gasteiger partial charge in [0, 0.05) is 0 Å². The van der Waals surface area contributed by atoms with Crippen LogP contribution in [0.1, 0.15) is 38.8 Å². The predicted octanol–water partition coefficient (Wildman–Crippen LogP) is 5.10. The van der Waals surface area contributed by atoms with Crippen molar-refractivity contribution in [3.05, 3.63) is 84.0 Å². The van der Waals surface area contributed by atoms with E-state index in [1.807, 2.05) is 48.5 Å². The van der Waals surface area contributed by atoms with Gasteiger partial charge in [-0.05, 0) is 80.7 Å². The first-order valence-corrected chi connectivity index (χ1v) is 9.58. The van der Waals surface area contributed by atoms with Crippen LogP contribution in [0.15, 0.2) is 72.8 Å². The number of carbonyl (C=O) groups is 2.